The monoisotopic (exact) mass is 395 g/mol. The van der Waals surface area contributed by atoms with Gasteiger partial charge in [0, 0.05) is 5.88 Å². The average molecular weight is 396 g/mol. The number of hydrogen-bond donors (Lipinski definition) is 0. The maximum atomic E-state index is 5.69. The summed E-state index contributed by atoms with van der Waals surface area (Å²) in [7, 11) is 0. The van der Waals surface area contributed by atoms with E-state index >= 15 is 0 Å². The fraction of sp³-hybridized carbons (Fsp3) is 0.500. The zero-order valence-electron chi connectivity index (χ0n) is 16.4. The number of hydrogen-bond acceptors (Lipinski definition) is 0. The van der Waals surface area contributed by atoms with E-state index in [0.29, 0.717) is 17.7 Å². The zero-order valence-corrected chi connectivity index (χ0v) is 17.9. The molecular formula is C24H37Cl2-. The summed E-state index contributed by atoms with van der Waals surface area (Å²) in [5.41, 5.74) is 5.51. The standard InChI is InChI=1S/C12H18.C11H15Cl.CH4.ClH/c1-4-10(3)12-8-6-11(5-2)7-9-12;1-3-9(2)11-6-4-10(8-12)5-7-11;;/h6-10H,4-5H2,1-3H3;4-7,9H,3,8H2,1-2H3;1H4;1H/p-1. The van der Waals surface area contributed by atoms with Gasteiger partial charge in [0.2, 0.25) is 0 Å². The van der Waals surface area contributed by atoms with Gasteiger partial charge in [-0.1, -0.05) is 90.6 Å². The van der Waals surface area contributed by atoms with Crippen LogP contribution in [0.1, 0.15) is 89.0 Å². The van der Waals surface area contributed by atoms with E-state index in [9.17, 15) is 0 Å². The fourth-order valence-electron chi connectivity index (χ4n) is 2.49. The lowest BCUT2D eigenvalue weighted by Crippen LogP contribution is -3.00. The topological polar surface area (TPSA) is 0 Å². The molecule has 2 atom stereocenters. The van der Waals surface area contributed by atoms with Gasteiger partial charge in [0.25, 0.3) is 0 Å². The van der Waals surface area contributed by atoms with E-state index in [-0.39, 0.29) is 19.8 Å². The van der Waals surface area contributed by atoms with Crippen LogP contribution in [0.4, 0.5) is 0 Å². The van der Waals surface area contributed by atoms with Gasteiger partial charge in [0.1, 0.15) is 0 Å². The van der Waals surface area contributed by atoms with Crippen molar-refractivity contribution in [1.82, 2.24) is 0 Å². The Morgan fingerprint density at radius 2 is 1.04 bits per heavy atom. The van der Waals surface area contributed by atoms with Crippen LogP contribution in [0.25, 0.3) is 0 Å². The Hall–Kier alpha value is -0.980. The molecule has 0 aliphatic heterocycles. The molecule has 0 nitrogen and oxygen atoms in total. The van der Waals surface area contributed by atoms with Crippen LogP contribution in [0.2, 0.25) is 0 Å². The molecule has 0 N–H and O–H groups in total. The van der Waals surface area contributed by atoms with Crippen LogP contribution in [-0.2, 0) is 12.3 Å². The molecule has 0 bridgehead atoms. The second-order valence-electron chi connectivity index (χ2n) is 6.59. The van der Waals surface area contributed by atoms with Crippen LogP contribution in [0.5, 0.6) is 0 Å². The second kappa shape index (κ2) is 15.1. The summed E-state index contributed by atoms with van der Waals surface area (Å²) >= 11 is 5.69. The Balaban J connectivity index is 0. The Morgan fingerprint density at radius 3 is 1.31 bits per heavy atom. The molecule has 26 heavy (non-hydrogen) atoms. The van der Waals surface area contributed by atoms with Gasteiger partial charge in [0.05, 0.1) is 0 Å². The first kappa shape index (κ1) is 27.2. The minimum atomic E-state index is 0. The lowest BCUT2D eigenvalue weighted by Gasteiger charge is -2.08. The van der Waals surface area contributed by atoms with Gasteiger partial charge in [0.15, 0.2) is 0 Å². The number of alkyl halides is 1. The molecule has 0 heterocycles. The molecule has 148 valence electrons. The second-order valence-corrected chi connectivity index (χ2v) is 6.86. The van der Waals surface area contributed by atoms with Crippen molar-refractivity contribution in [2.24, 2.45) is 0 Å². The van der Waals surface area contributed by atoms with Crippen LogP contribution < -0.4 is 12.4 Å². The molecule has 2 aromatic carbocycles. The smallest absolute Gasteiger partial charge is 0.0474 e. The lowest BCUT2D eigenvalue weighted by molar-refractivity contribution is -0.00000559. The van der Waals surface area contributed by atoms with Crippen LogP contribution in [0.3, 0.4) is 0 Å². The Labute approximate surface area is 173 Å². The van der Waals surface area contributed by atoms with Gasteiger partial charge in [-0.05, 0) is 53.4 Å². The highest BCUT2D eigenvalue weighted by atomic mass is 35.5. The molecular weight excluding hydrogens is 359 g/mol. The summed E-state index contributed by atoms with van der Waals surface area (Å²) in [6.07, 6.45) is 3.56. The molecule has 0 aliphatic carbocycles. The minimum Gasteiger partial charge on any atom is -1.00 e. The third-order valence-corrected chi connectivity index (χ3v) is 5.19. The van der Waals surface area contributed by atoms with Gasteiger partial charge in [-0.15, -0.1) is 11.6 Å². The fourth-order valence-corrected chi connectivity index (χ4v) is 2.67. The SMILES string of the molecule is C.CCC(C)c1ccc(CCl)cc1.CCc1ccc(C(C)CC)cc1.[Cl-]. The molecule has 2 aromatic rings. The highest BCUT2D eigenvalue weighted by molar-refractivity contribution is 6.17. The molecule has 2 unspecified atom stereocenters. The van der Waals surface area contributed by atoms with E-state index in [2.05, 4.69) is 83.1 Å². The van der Waals surface area contributed by atoms with Gasteiger partial charge < -0.3 is 12.4 Å². The first-order valence-electron chi connectivity index (χ1n) is 9.29. The molecule has 2 rings (SSSR count). The van der Waals surface area contributed by atoms with Crippen molar-refractivity contribution < 1.29 is 12.4 Å². The summed E-state index contributed by atoms with van der Waals surface area (Å²) in [6.45, 7) is 11.2. The lowest BCUT2D eigenvalue weighted by atomic mass is 9.97. The summed E-state index contributed by atoms with van der Waals surface area (Å²) in [5, 5.41) is 0. The van der Waals surface area contributed by atoms with Crippen LogP contribution in [0, 0.1) is 0 Å². The normalized spacial score (nSPS) is 11.9. The highest BCUT2D eigenvalue weighted by Gasteiger charge is 2.02. The maximum Gasteiger partial charge on any atom is 0.0474 e. The van der Waals surface area contributed by atoms with Gasteiger partial charge in [-0.25, -0.2) is 0 Å². The molecule has 0 aromatic heterocycles. The van der Waals surface area contributed by atoms with E-state index in [0.717, 1.165) is 6.42 Å². The molecule has 0 amide bonds. The predicted molar refractivity (Wildman–Crippen MR) is 116 cm³/mol. The molecule has 0 saturated carbocycles. The Bertz CT molecular complexity index is 504. The summed E-state index contributed by atoms with van der Waals surface area (Å²) in [4.78, 5) is 0. The maximum absolute atomic E-state index is 5.69. The quantitative estimate of drug-likeness (QED) is 0.578. The number of rotatable bonds is 6. The van der Waals surface area contributed by atoms with E-state index in [4.69, 9.17) is 11.6 Å². The van der Waals surface area contributed by atoms with Gasteiger partial charge in [-0.2, -0.15) is 0 Å². The van der Waals surface area contributed by atoms with Crippen molar-refractivity contribution in [3.8, 4) is 0 Å². The third-order valence-electron chi connectivity index (χ3n) is 4.88. The van der Waals surface area contributed by atoms with E-state index < -0.39 is 0 Å². The number of benzene rings is 2. The first-order chi connectivity index (χ1) is 11.5. The average Bonchev–Trinajstić information content (AvgIpc) is 2.67. The molecule has 0 aliphatic rings. The van der Waals surface area contributed by atoms with Crippen molar-refractivity contribution >= 4 is 11.6 Å². The van der Waals surface area contributed by atoms with E-state index in [1.165, 1.54) is 35.1 Å². The number of aryl methyl sites for hydroxylation is 1. The Morgan fingerprint density at radius 1 is 0.692 bits per heavy atom. The largest absolute Gasteiger partial charge is 1.00 e. The van der Waals surface area contributed by atoms with E-state index in [1.54, 1.807) is 0 Å². The first-order valence-corrected chi connectivity index (χ1v) is 9.82. The predicted octanol–water partition coefficient (Wildman–Crippen LogP) is 5.34. The summed E-state index contributed by atoms with van der Waals surface area (Å²) in [6, 6.07) is 17.5. The third kappa shape index (κ3) is 9.10. The highest BCUT2D eigenvalue weighted by Crippen LogP contribution is 2.19. The van der Waals surface area contributed by atoms with Crippen molar-refractivity contribution in [1.29, 1.82) is 0 Å². The molecule has 0 fully saturated rings. The van der Waals surface area contributed by atoms with Crippen molar-refractivity contribution in [2.75, 3.05) is 0 Å². The van der Waals surface area contributed by atoms with Crippen LogP contribution in [-0.4, -0.2) is 0 Å². The zero-order chi connectivity index (χ0) is 17.9. The molecule has 0 saturated heterocycles. The molecule has 2 heteroatoms. The van der Waals surface area contributed by atoms with Gasteiger partial charge in [-0.3, -0.25) is 0 Å². The van der Waals surface area contributed by atoms with E-state index in [1.807, 2.05) is 0 Å². The molecule has 0 radical (unpaired) electrons. The van der Waals surface area contributed by atoms with Gasteiger partial charge >= 0.3 is 0 Å². The van der Waals surface area contributed by atoms with Crippen LogP contribution >= 0.6 is 11.6 Å². The van der Waals surface area contributed by atoms with Crippen molar-refractivity contribution in [3.05, 3.63) is 70.8 Å². The summed E-state index contributed by atoms with van der Waals surface area (Å²) in [5.74, 6) is 1.98. The Kier molecular flexibility index (Phi) is 15.8. The summed E-state index contributed by atoms with van der Waals surface area (Å²) < 4.78 is 0. The number of halogens is 2. The minimum absolute atomic E-state index is 0. The van der Waals surface area contributed by atoms with Crippen molar-refractivity contribution in [3.63, 3.8) is 0 Å². The molecule has 0 spiro atoms. The van der Waals surface area contributed by atoms with Crippen LogP contribution in [0.15, 0.2) is 48.5 Å². The van der Waals surface area contributed by atoms with Crippen molar-refractivity contribution in [2.45, 2.75) is 79.0 Å².